The van der Waals surface area contributed by atoms with Crippen molar-refractivity contribution >= 4 is 43.3 Å². The first kappa shape index (κ1) is 16.2. The molecule has 0 atom stereocenters. The zero-order valence-corrected chi connectivity index (χ0v) is 15.0. The molecule has 0 saturated heterocycles. The predicted octanol–water partition coefficient (Wildman–Crippen LogP) is 2.78. The van der Waals surface area contributed by atoms with Gasteiger partial charge in [-0.05, 0) is 64.2 Å². The van der Waals surface area contributed by atoms with E-state index in [1.165, 1.54) is 0 Å². The lowest BCUT2D eigenvalue weighted by molar-refractivity contribution is 0.102. The van der Waals surface area contributed by atoms with Gasteiger partial charge < -0.3 is 10.6 Å². The average Bonchev–Trinajstić information content (AvgIpc) is 2.80. The number of hydrogen-bond donors (Lipinski definition) is 1. The van der Waals surface area contributed by atoms with Crippen LogP contribution in [0.1, 0.15) is 16.1 Å². The summed E-state index contributed by atoms with van der Waals surface area (Å²) in [6, 6.07) is 5.16. The minimum atomic E-state index is -0.0844. The number of ketones is 1. The van der Waals surface area contributed by atoms with Crippen LogP contribution in [0.4, 0.5) is 5.69 Å². The van der Waals surface area contributed by atoms with E-state index in [-0.39, 0.29) is 5.78 Å². The van der Waals surface area contributed by atoms with E-state index in [0.29, 0.717) is 32.4 Å². The van der Waals surface area contributed by atoms with Gasteiger partial charge in [0, 0.05) is 22.3 Å². The van der Waals surface area contributed by atoms with Crippen molar-refractivity contribution in [1.29, 1.82) is 0 Å². The van der Waals surface area contributed by atoms with Gasteiger partial charge in [0.1, 0.15) is 5.69 Å². The predicted molar refractivity (Wildman–Crippen MR) is 90.5 cm³/mol. The summed E-state index contributed by atoms with van der Waals surface area (Å²) in [5, 5.41) is 4.26. The number of benzene rings is 1. The van der Waals surface area contributed by atoms with Gasteiger partial charge in [-0.1, -0.05) is 0 Å². The van der Waals surface area contributed by atoms with Crippen molar-refractivity contribution in [2.24, 2.45) is 0 Å². The summed E-state index contributed by atoms with van der Waals surface area (Å²) in [7, 11) is 3.97. The Morgan fingerprint density at radius 1 is 1.33 bits per heavy atom. The van der Waals surface area contributed by atoms with Gasteiger partial charge in [0.2, 0.25) is 5.78 Å². The molecule has 0 saturated carbocycles. The number of anilines is 1. The van der Waals surface area contributed by atoms with Gasteiger partial charge in [0.05, 0.1) is 17.2 Å². The lowest BCUT2D eigenvalue weighted by Gasteiger charge is -2.12. The van der Waals surface area contributed by atoms with E-state index in [4.69, 9.17) is 5.73 Å². The summed E-state index contributed by atoms with van der Waals surface area (Å²) in [5.74, 6) is -0.0844. The lowest BCUT2D eigenvalue weighted by atomic mass is 10.1. The third-order valence-electron chi connectivity index (χ3n) is 3.03. The topological polar surface area (TPSA) is 64.2 Å². The quantitative estimate of drug-likeness (QED) is 0.602. The molecule has 0 unspecified atom stereocenters. The molecule has 0 amide bonds. The second-order valence-corrected chi connectivity index (χ2v) is 6.64. The highest BCUT2D eigenvalue weighted by Gasteiger charge is 2.19. The molecule has 0 radical (unpaired) electrons. The lowest BCUT2D eigenvalue weighted by Crippen LogP contribution is -2.21. The molecule has 2 rings (SSSR count). The monoisotopic (exact) mass is 414 g/mol. The van der Waals surface area contributed by atoms with Crippen LogP contribution < -0.4 is 5.73 Å². The molecule has 1 aromatic heterocycles. The molecule has 112 valence electrons. The van der Waals surface area contributed by atoms with Crippen LogP contribution in [0.3, 0.4) is 0 Å². The Kier molecular flexibility index (Phi) is 5.18. The van der Waals surface area contributed by atoms with E-state index in [9.17, 15) is 4.79 Å². The number of nitrogens with zero attached hydrogens (tertiary/aromatic N) is 3. The first-order valence-electron chi connectivity index (χ1n) is 6.36. The highest BCUT2D eigenvalue weighted by molar-refractivity contribution is 9.11. The van der Waals surface area contributed by atoms with Crippen molar-refractivity contribution in [3.63, 3.8) is 0 Å². The molecule has 0 aliphatic rings. The fourth-order valence-electron chi connectivity index (χ4n) is 1.86. The van der Waals surface area contributed by atoms with E-state index >= 15 is 0 Å². The maximum atomic E-state index is 12.7. The Bertz CT molecular complexity index is 667. The first-order chi connectivity index (χ1) is 9.90. The Morgan fingerprint density at radius 3 is 2.67 bits per heavy atom. The van der Waals surface area contributed by atoms with Gasteiger partial charge in [0.25, 0.3) is 0 Å². The molecule has 2 N–H and O–H groups in total. The van der Waals surface area contributed by atoms with Crippen LogP contribution in [0.15, 0.2) is 33.3 Å². The first-order valence-corrected chi connectivity index (χ1v) is 7.94. The summed E-state index contributed by atoms with van der Waals surface area (Å²) in [6.07, 6.45) is 1.65. The fraction of sp³-hybridized carbons (Fsp3) is 0.286. The summed E-state index contributed by atoms with van der Waals surface area (Å²) in [5.41, 5.74) is 7.48. The van der Waals surface area contributed by atoms with Crippen molar-refractivity contribution < 1.29 is 4.79 Å². The second kappa shape index (κ2) is 6.72. The average molecular weight is 416 g/mol. The van der Waals surface area contributed by atoms with Crippen molar-refractivity contribution in [3.05, 3.63) is 44.6 Å². The minimum absolute atomic E-state index is 0.0844. The fourth-order valence-corrected chi connectivity index (χ4v) is 2.71. The highest BCUT2D eigenvalue weighted by Crippen LogP contribution is 2.24. The molecule has 0 aliphatic heterocycles. The number of aromatic nitrogens is 2. The number of carbonyl (C=O) groups is 1. The number of nitrogen functional groups attached to an aromatic ring is 1. The molecule has 1 heterocycles. The van der Waals surface area contributed by atoms with Gasteiger partial charge >= 0.3 is 0 Å². The number of halogens is 2. The van der Waals surface area contributed by atoms with E-state index in [1.54, 1.807) is 29.1 Å². The molecule has 0 fully saturated rings. The molecule has 0 aliphatic carbocycles. The Hall–Kier alpha value is -1.18. The maximum Gasteiger partial charge on any atom is 0.212 e. The van der Waals surface area contributed by atoms with Crippen LogP contribution in [-0.2, 0) is 6.54 Å². The van der Waals surface area contributed by atoms with E-state index in [0.717, 1.165) is 6.54 Å². The van der Waals surface area contributed by atoms with Crippen molar-refractivity contribution in [2.75, 3.05) is 26.4 Å². The third kappa shape index (κ3) is 3.72. The summed E-state index contributed by atoms with van der Waals surface area (Å²) >= 11 is 6.75. The molecular formula is C14H16Br2N4O. The zero-order valence-electron chi connectivity index (χ0n) is 11.8. The minimum Gasteiger partial charge on any atom is -0.398 e. The molecule has 21 heavy (non-hydrogen) atoms. The summed E-state index contributed by atoms with van der Waals surface area (Å²) < 4.78 is 3.12. The smallest absolute Gasteiger partial charge is 0.212 e. The maximum absolute atomic E-state index is 12.7. The zero-order chi connectivity index (χ0) is 15.6. The highest BCUT2D eigenvalue weighted by atomic mass is 79.9. The van der Waals surface area contributed by atoms with Crippen LogP contribution in [0.25, 0.3) is 0 Å². The van der Waals surface area contributed by atoms with Gasteiger partial charge in [-0.2, -0.15) is 5.10 Å². The summed E-state index contributed by atoms with van der Waals surface area (Å²) in [4.78, 5) is 14.7. The second-order valence-electron chi connectivity index (χ2n) is 4.93. The number of rotatable bonds is 5. The van der Waals surface area contributed by atoms with Crippen molar-refractivity contribution in [2.45, 2.75) is 6.54 Å². The number of nitrogens with two attached hydrogens (primary N) is 1. The van der Waals surface area contributed by atoms with Gasteiger partial charge in [-0.3, -0.25) is 9.48 Å². The molecule has 5 nitrogen and oxygen atoms in total. The molecular weight excluding hydrogens is 400 g/mol. The van der Waals surface area contributed by atoms with Crippen molar-refractivity contribution in [1.82, 2.24) is 14.7 Å². The SMILES string of the molecule is CN(C)CCn1ncc(Br)c1C(=O)c1ccc(N)c(Br)c1. The van der Waals surface area contributed by atoms with Gasteiger partial charge in [0.15, 0.2) is 0 Å². The molecule has 2 aromatic rings. The van der Waals surface area contributed by atoms with Crippen LogP contribution in [0, 0.1) is 0 Å². The van der Waals surface area contributed by atoms with Crippen molar-refractivity contribution in [3.8, 4) is 0 Å². The van der Waals surface area contributed by atoms with E-state index in [2.05, 4.69) is 37.0 Å². The third-order valence-corrected chi connectivity index (χ3v) is 4.30. The van der Waals surface area contributed by atoms with Crippen LogP contribution in [0.2, 0.25) is 0 Å². The van der Waals surface area contributed by atoms with Crippen LogP contribution in [-0.4, -0.2) is 41.1 Å². The Morgan fingerprint density at radius 2 is 2.05 bits per heavy atom. The normalized spacial score (nSPS) is 11.1. The van der Waals surface area contributed by atoms with Gasteiger partial charge in [-0.25, -0.2) is 0 Å². The number of carbonyl (C=O) groups excluding carboxylic acids is 1. The molecule has 0 spiro atoms. The summed E-state index contributed by atoms with van der Waals surface area (Å²) in [6.45, 7) is 1.45. The van der Waals surface area contributed by atoms with Crippen LogP contribution in [0.5, 0.6) is 0 Å². The number of likely N-dealkylation sites (N-methyl/N-ethyl adjacent to an activating group) is 1. The van der Waals surface area contributed by atoms with Crippen LogP contribution >= 0.6 is 31.9 Å². The standard InChI is InChI=1S/C14H16Br2N4O/c1-19(2)5-6-20-13(11(16)8-18-20)14(21)9-3-4-12(17)10(15)7-9/h3-4,7-8H,5-6,17H2,1-2H3. The van der Waals surface area contributed by atoms with Gasteiger partial charge in [-0.15, -0.1) is 0 Å². The largest absolute Gasteiger partial charge is 0.398 e. The molecule has 1 aromatic carbocycles. The van der Waals surface area contributed by atoms with E-state index < -0.39 is 0 Å². The Labute approximate surface area is 140 Å². The number of hydrogen-bond acceptors (Lipinski definition) is 4. The molecule has 0 bridgehead atoms. The Balaban J connectivity index is 2.34. The van der Waals surface area contributed by atoms with E-state index in [1.807, 2.05) is 19.0 Å². The molecule has 7 heteroatoms.